The number of anilines is 2. The lowest BCUT2D eigenvalue weighted by molar-refractivity contribution is -0.137. The maximum absolute atomic E-state index is 12.9. The van der Waals surface area contributed by atoms with Crippen LogP contribution in [0.2, 0.25) is 0 Å². The second kappa shape index (κ2) is 5.61. The number of halogens is 3. The summed E-state index contributed by atoms with van der Waals surface area (Å²) in [5.41, 5.74) is 1.89. The number of esters is 1. The first kappa shape index (κ1) is 15.4. The molecule has 0 radical (unpaired) electrons. The van der Waals surface area contributed by atoms with Gasteiger partial charge in [-0.2, -0.15) is 13.2 Å². The van der Waals surface area contributed by atoms with Gasteiger partial charge in [-0.05, 0) is 42.3 Å². The molecule has 0 atom stereocenters. The van der Waals surface area contributed by atoms with Gasteiger partial charge in [0, 0.05) is 17.9 Å². The van der Waals surface area contributed by atoms with Gasteiger partial charge in [-0.3, -0.25) is 0 Å². The molecule has 2 aromatic rings. The van der Waals surface area contributed by atoms with Gasteiger partial charge in [0.2, 0.25) is 0 Å². The van der Waals surface area contributed by atoms with Crippen molar-refractivity contribution in [2.24, 2.45) is 0 Å². The van der Waals surface area contributed by atoms with Crippen LogP contribution < -0.4 is 4.90 Å². The highest BCUT2D eigenvalue weighted by Gasteiger charge is 2.31. The van der Waals surface area contributed by atoms with E-state index in [0.717, 1.165) is 23.4 Å². The van der Waals surface area contributed by atoms with Gasteiger partial charge >= 0.3 is 12.1 Å². The maximum Gasteiger partial charge on any atom is 0.416 e. The van der Waals surface area contributed by atoms with E-state index < -0.39 is 17.7 Å². The summed E-state index contributed by atoms with van der Waals surface area (Å²) >= 11 is 0. The summed E-state index contributed by atoms with van der Waals surface area (Å²) in [6.45, 7) is 0.571. The van der Waals surface area contributed by atoms with Crippen molar-refractivity contribution < 1.29 is 22.7 Å². The van der Waals surface area contributed by atoms with Crippen LogP contribution in [0.4, 0.5) is 24.5 Å². The van der Waals surface area contributed by atoms with E-state index in [1.165, 1.54) is 13.2 Å². The molecule has 120 valence electrons. The van der Waals surface area contributed by atoms with E-state index in [2.05, 4.69) is 0 Å². The molecule has 1 heterocycles. The first-order valence-electron chi connectivity index (χ1n) is 7.06. The quantitative estimate of drug-likeness (QED) is 0.777. The Labute approximate surface area is 131 Å². The fourth-order valence-corrected chi connectivity index (χ4v) is 2.74. The van der Waals surface area contributed by atoms with E-state index in [4.69, 9.17) is 4.74 Å². The highest BCUT2D eigenvalue weighted by atomic mass is 19.4. The van der Waals surface area contributed by atoms with Crippen molar-refractivity contribution in [3.63, 3.8) is 0 Å². The Bertz CT molecular complexity index is 756. The standard InChI is InChI=1S/C17H14F3NO2/c1-23-16(22)12-6-5-11-7-8-21(15(11)9-12)14-4-2-3-13(10-14)17(18,19)20/h2-6,9-10H,7-8H2,1H3. The number of carbonyl (C=O) groups is 1. The monoisotopic (exact) mass is 321 g/mol. The summed E-state index contributed by atoms with van der Waals surface area (Å²) in [4.78, 5) is 13.4. The summed E-state index contributed by atoms with van der Waals surface area (Å²) in [6, 6.07) is 10.3. The zero-order chi connectivity index (χ0) is 16.6. The molecule has 0 saturated carbocycles. The number of ether oxygens (including phenoxy) is 1. The van der Waals surface area contributed by atoms with Crippen LogP contribution in [0.15, 0.2) is 42.5 Å². The van der Waals surface area contributed by atoms with Gasteiger partial charge in [0.15, 0.2) is 0 Å². The highest BCUT2D eigenvalue weighted by Crippen LogP contribution is 2.38. The molecule has 0 N–H and O–H groups in total. The Hall–Kier alpha value is -2.50. The Morgan fingerprint density at radius 1 is 1.17 bits per heavy atom. The van der Waals surface area contributed by atoms with Crippen molar-refractivity contribution in [3.05, 3.63) is 59.2 Å². The molecule has 0 amide bonds. The van der Waals surface area contributed by atoms with Gasteiger partial charge in [-0.15, -0.1) is 0 Å². The summed E-state index contributed by atoms with van der Waals surface area (Å²) in [5.74, 6) is -0.469. The molecule has 1 aliphatic heterocycles. The number of alkyl halides is 3. The number of benzene rings is 2. The SMILES string of the molecule is COC(=O)c1ccc2c(c1)N(c1cccc(C(F)(F)F)c1)CC2. The molecule has 0 spiro atoms. The predicted octanol–water partition coefficient (Wildman–Crippen LogP) is 4.19. The zero-order valence-electron chi connectivity index (χ0n) is 12.4. The van der Waals surface area contributed by atoms with Crippen LogP contribution in [-0.2, 0) is 17.3 Å². The molecule has 0 bridgehead atoms. The number of hydrogen-bond donors (Lipinski definition) is 0. The normalized spacial score (nSPS) is 13.8. The fourth-order valence-electron chi connectivity index (χ4n) is 2.74. The molecular weight excluding hydrogens is 307 g/mol. The van der Waals surface area contributed by atoms with Crippen LogP contribution in [0.25, 0.3) is 0 Å². The average molecular weight is 321 g/mol. The number of nitrogens with zero attached hydrogens (tertiary/aromatic N) is 1. The Kier molecular flexibility index (Phi) is 3.75. The van der Waals surface area contributed by atoms with Gasteiger partial charge in [0.05, 0.1) is 18.2 Å². The third-order valence-electron chi connectivity index (χ3n) is 3.89. The second-order valence-corrected chi connectivity index (χ2v) is 5.28. The minimum absolute atomic E-state index is 0.380. The average Bonchev–Trinajstić information content (AvgIpc) is 2.96. The number of fused-ring (bicyclic) bond motifs is 1. The van der Waals surface area contributed by atoms with Crippen LogP contribution in [0.1, 0.15) is 21.5 Å². The molecular formula is C17H14F3NO2. The molecule has 0 unspecified atom stereocenters. The third kappa shape index (κ3) is 2.88. The summed E-state index contributed by atoms with van der Waals surface area (Å²) in [5, 5.41) is 0. The third-order valence-corrected chi connectivity index (χ3v) is 3.89. The molecule has 0 fully saturated rings. The van der Waals surface area contributed by atoms with Gasteiger partial charge in [0.25, 0.3) is 0 Å². The smallest absolute Gasteiger partial charge is 0.416 e. The van der Waals surface area contributed by atoms with E-state index >= 15 is 0 Å². The van der Waals surface area contributed by atoms with Crippen molar-refractivity contribution >= 4 is 17.3 Å². The van der Waals surface area contributed by atoms with Crippen LogP contribution in [0.5, 0.6) is 0 Å². The highest BCUT2D eigenvalue weighted by molar-refractivity contribution is 5.91. The number of rotatable bonds is 2. The summed E-state index contributed by atoms with van der Waals surface area (Å²) in [6.07, 6.45) is -3.67. The minimum atomic E-state index is -4.38. The lowest BCUT2D eigenvalue weighted by atomic mass is 10.1. The number of hydrogen-bond acceptors (Lipinski definition) is 3. The lowest BCUT2D eigenvalue weighted by Gasteiger charge is -2.21. The van der Waals surface area contributed by atoms with Crippen LogP contribution >= 0.6 is 0 Å². The molecule has 1 aliphatic rings. The van der Waals surface area contributed by atoms with Gasteiger partial charge < -0.3 is 9.64 Å². The van der Waals surface area contributed by atoms with E-state index in [0.29, 0.717) is 24.2 Å². The van der Waals surface area contributed by atoms with E-state index in [1.54, 1.807) is 23.1 Å². The van der Waals surface area contributed by atoms with Gasteiger partial charge in [-0.1, -0.05) is 12.1 Å². The van der Waals surface area contributed by atoms with E-state index in [-0.39, 0.29) is 0 Å². The molecule has 6 heteroatoms. The number of carbonyl (C=O) groups excluding carboxylic acids is 1. The van der Waals surface area contributed by atoms with E-state index in [1.807, 2.05) is 6.07 Å². The maximum atomic E-state index is 12.9. The Morgan fingerprint density at radius 2 is 1.96 bits per heavy atom. The van der Waals surface area contributed by atoms with Crippen molar-refractivity contribution in [2.75, 3.05) is 18.6 Å². The van der Waals surface area contributed by atoms with Gasteiger partial charge in [0.1, 0.15) is 0 Å². The van der Waals surface area contributed by atoms with Crippen molar-refractivity contribution in [1.29, 1.82) is 0 Å². The molecule has 3 rings (SSSR count). The van der Waals surface area contributed by atoms with Crippen molar-refractivity contribution in [1.82, 2.24) is 0 Å². The van der Waals surface area contributed by atoms with Gasteiger partial charge in [-0.25, -0.2) is 4.79 Å². The van der Waals surface area contributed by atoms with Crippen molar-refractivity contribution in [3.8, 4) is 0 Å². The number of methoxy groups -OCH3 is 1. The summed E-state index contributed by atoms with van der Waals surface area (Å²) in [7, 11) is 1.29. The van der Waals surface area contributed by atoms with Crippen LogP contribution in [-0.4, -0.2) is 19.6 Å². The lowest BCUT2D eigenvalue weighted by Crippen LogP contribution is -2.15. The molecule has 0 aliphatic carbocycles. The molecule has 0 saturated heterocycles. The van der Waals surface area contributed by atoms with Crippen molar-refractivity contribution in [2.45, 2.75) is 12.6 Å². The molecule has 3 nitrogen and oxygen atoms in total. The summed E-state index contributed by atoms with van der Waals surface area (Å²) < 4.78 is 43.4. The van der Waals surface area contributed by atoms with Crippen LogP contribution in [0, 0.1) is 0 Å². The van der Waals surface area contributed by atoms with E-state index in [9.17, 15) is 18.0 Å². The zero-order valence-corrected chi connectivity index (χ0v) is 12.4. The minimum Gasteiger partial charge on any atom is -0.465 e. The Balaban J connectivity index is 2.01. The first-order valence-corrected chi connectivity index (χ1v) is 7.06. The topological polar surface area (TPSA) is 29.5 Å². The van der Waals surface area contributed by atoms with Crippen LogP contribution in [0.3, 0.4) is 0 Å². The molecule has 23 heavy (non-hydrogen) atoms. The first-order chi connectivity index (χ1) is 10.9. The molecule has 2 aromatic carbocycles. The fraction of sp³-hybridized carbons (Fsp3) is 0.235. The molecule has 0 aromatic heterocycles. The Morgan fingerprint density at radius 3 is 2.65 bits per heavy atom. The predicted molar refractivity (Wildman–Crippen MR) is 79.9 cm³/mol. The second-order valence-electron chi connectivity index (χ2n) is 5.28. The largest absolute Gasteiger partial charge is 0.465 e.